The minimum atomic E-state index is -3.46. The van der Waals surface area contributed by atoms with Gasteiger partial charge < -0.3 is 15.5 Å². The molecule has 34 heavy (non-hydrogen) atoms. The summed E-state index contributed by atoms with van der Waals surface area (Å²) in [5, 5.41) is 21.5. The maximum Gasteiger partial charge on any atom is 0.249 e. The Kier molecular flexibility index (Phi) is 20.1. The first kappa shape index (κ1) is 33.3. The third kappa shape index (κ3) is 18.6. The van der Waals surface area contributed by atoms with Gasteiger partial charge in [-0.2, -0.15) is 0 Å². The van der Waals surface area contributed by atoms with E-state index in [9.17, 15) is 23.4 Å². The zero-order chi connectivity index (χ0) is 25.7. The molecule has 0 aromatic rings. The molecule has 1 amide bonds. The Hall–Kier alpha value is -0.700. The molecule has 0 aliphatic carbocycles. The Bertz CT molecular complexity index is 596. The first-order chi connectivity index (χ1) is 16.2. The van der Waals surface area contributed by atoms with Crippen LogP contribution < -0.4 is 10.0 Å². The highest BCUT2D eigenvalue weighted by atomic mass is 32.2. The summed E-state index contributed by atoms with van der Waals surface area (Å²) in [6.07, 6.45) is 19.1. The summed E-state index contributed by atoms with van der Waals surface area (Å²) in [6, 6.07) is 0. The predicted octanol–water partition coefficient (Wildman–Crippen LogP) is 4.66. The summed E-state index contributed by atoms with van der Waals surface area (Å²) in [4.78, 5) is 11.9. The molecule has 0 bridgehead atoms. The van der Waals surface area contributed by atoms with E-state index < -0.39 is 27.4 Å². The van der Waals surface area contributed by atoms with Gasteiger partial charge in [-0.3, -0.25) is 4.79 Å². The summed E-state index contributed by atoms with van der Waals surface area (Å²) in [5.74, 6) is -0.906. The fraction of sp³-hybridized carbons (Fsp3) is 0.962. The van der Waals surface area contributed by atoms with Crippen LogP contribution in [0.4, 0.5) is 0 Å². The number of unbranched alkanes of at least 4 members (excludes halogenated alkanes) is 15. The molecule has 0 saturated carbocycles. The molecule has 8 heteroatoms. The molecular formula is C26H54N2O5S. The Morgan fingerprint density at radius 3 is 1.59 bits per heavy atom. The number of carbonyl (C=O) groups is 1. The third-order valence-electron chi connectivity index (χ3n) is 6.42. The van der Waals surface area contributed by atoms with Crippen molar-refractivity contribution in [3.63, 3.8) is 0 Å². The highest BCUT2D eigenvalue weighted by Gasteiger charge is 2.32. The van der Waals surface area contributed by atoms with Crippen molar-refractivity contribution in [1.82, 2.24) is 10.0 Å². The Morgan fingerprint density at radius 2 is 1.18 bits per heavy atom. The molecule has 0 fully saturated rings. The standard InChI is InChI=1S/C26H54N2O5S/c1-4-5-6-7-8-9-10-11-12-13-14-15-16-17-18-19-20-28-34(32,33)22-21-27-25(31)24(30)26(2,3)23-29/h24,28-30H,4-23H2,1-3H3,(H,27,31)/t24-/m1/s1. The molecular weight excluding hydrogens is 452 g/mol. The largest absolute Gasteiger partial charge is 0.396 e. The lowest BCUT2D eigenvalue weighted by Crippen LogP contribution is -2.47. The number of rotatable bonds is 24. The van der Waals surface area contributed by atoms with Crippen LogP contribution in [-0.4, -0.2) is 56.1 Å². The van der Waals surface area contributed by atoms with Gasteiger partial charge in [-0.25, -0.2) is 13.1 Å². The topological polar surface area (TPSA) is 116 Å². The zero-order valence-electron chi connectivity index (χ0n) is 22.2. The number of hydrogen-bond acceptors (Lipinski definition) is 5. The summed E-state index contributed by atoms with van der Waals surface area (Å²) in [7, 11) is -3.46. The minimum Gasteiger partial charge on any atom is -0.396 e. The van der Waals surface area contributed by atoms with E-state index in [0.29, 0.717) is 6.54 Å². The van der Waals surface area contributed by atoms with Crippen molar-refractivity contribution in [3.05, 3.63) is 0 Å². The van der Waals surface area contributed by atoms with Crippen molar-refractivity contribution in [2.24, 2.45) is 5.41 Å². The molecule has 0 unspecified atom stereocenters. The van der Waals surface area contributed by atoms with Crippen molar-refractivity contribution < 1.29 is 23.4 Å². The maximum absolute atomic E-state index is 12.0. The molecule has 0 aliphatic heterocycles. The van der Waals surface area contributed by atoms with E-state index in [1.165, 1.54) is 83.5 Å². The van der Waals surface area contributed by atoms with Gasteiger partial charge in [-0.15, -0.1) is 0 Å². The molecule has 4 N–H and O–H groups in total. The van der Waals surface area contributed by atoms with Gasteiger partial charge in [0.2, 0.25) is 15.9 Å². The number of hydrogen-bond donors (Lipinski definition) is 4. The normalized spacial score (nSPS) is 13.2. The molecule has 0 spiro atoms. The van der Waals surface area contributed by atoms with Crippen molar-refractivity contribution in [3.8, 4) is 0 Å². The highest BCUT2D eigenvalue weighted by molar-refractivity contribution is 7.89. The van der Waals surface area contributed by atoms with Crippen LogP contribution in [0, 0.1) is 5.41 Å². The smallest absolute Gasteiger partial charge is 0.249 e. The number of aliphatic hydroxyl groups is 2. The van der Waals surface area contributed by atoms with Crippen LogP contribution in [0.1, 0.15) is 124 Å². The molecule has 0 aromatic heterocycles. The number of nitrogens with one attached hydrogen (secondary N) is 2. The molecule has 0 radical (unpaired) electrons. The van der Waals surface area contributed by atoms with Crippen molar-refractivity contribution in [2.75, 3.05) is 25.4 Å². The molecule has 1 atom stereocenters. The van der Waals surface area contributed by atoms with Gasteiger partial charge in [-0.05, 0) is 6.42 Å². The lowest BCUT2D eigenvalue weighted by atomic mass is 9.87. The van der Waals surface area contributed by atoms with Gasteiger partial charge >= 0.3 is 0 Å². The van der Waals surface area contributed by atoms with Crippen LogP contribution in [0.15, 0.2) is 0 Å². The fourth-order valence-electron chi connectivity index (χ4n) is 3.82. The highest BCUT2D eigenvalue weighted by Crippen LogP contribution is 2.19. The van der Waals surface area contributed by atoms with Crippen molar-refractivity contribution >= 4 is 15.9 Å². The number of sulfonamides is 1. The quantitative estimate of drug-likeness (QED) is 0.142. The first-order valence-corrected chi connectivity index (χ1v) is 15.4. The molecule has 0 saturated heterocycles. The van der Waals surface area contributed by atoms with Crippen LogP contribution in [0.2, 0.25) is 0 Å². The third-order valence-corrected chi connectivity index (χ3v) is 7.80. The molecule has 0 heterocycles. The Balaban J connectivity index is 3.54. The van der Waals surface area contributed by atoms with E-state index in [4.69, 9.17) is 0 Å². The Morgan fingerprint density at radius 1 is 0.765 bits per heavy atom. The molecule has 204 valence electrons. The second-order valence-electron chi connectivity index (χ2n) is 10.4. The zero-order valence-corrected chi connectivity index (χ0v) is 23.1. The number of carbonyl (C=O) groups excluding carboxylic acids is 1. The summed E-state index contributed by atoms with van der Waals surface area (Å²) >= 11 is 0. The fourth-order valence-corrected chi connectivity index (χ4v) is 4.79. The van der Waals surface area contributed by atoms with Crippen LogP contribution >= 0.6 is 0 Å². The second kappa shape index (κ2) is 20.5. The minimum absolute atomic E-state index is 0.0777. The SMILES string of the molecule is CCCCCCCCCCCCCCCCCCNS(=O)(=O)CCNC(=O)[C@@H](O)C(C)(C)CO. The van der Waals surface area contributed by atoms with Crippen molar-refractivity contribution in [1.29, 1.82) is 0 Å². The molecule has 0 aromatic carbocycles. The summed E-state index contributed by atoms with van der Waals surface area (Å²) in [6.45, 7) is 5.37. The van der Waals surface area contributed by atoms with Crippen LogP contribution in [0.3, 0.4) is 0 Å². The van der Waals surface area contributed by atoms with Gasteiger partial charge in [-0.1, -0.05) is 117 Å². The van der Waals surface area contributed by atoms with E-state index in [1.807, 2.05) is 0 Å². The lowest BCUT2D eigenvalue weighted by molar-refractivity contribution is -0.136. The average Bonchev–Trinajstić information content (AvgIpc) is 2.80. The Labute approximate surface area is 209 Å². The average molecular weight is 507 g/mol. The van der Waals surface area contributed by atoms with E-state index in [2.05, 4.69) is 17.0 Å². The van der Waals surface area contributed by atoms with Gasteiger partial charge in [0.05, 0.1) is 12.4 Å². The van der Waals surface area contributed by atoms with Crippen LogP contribution in [-0.2, 0) is 14.8 Å². The predicted molar refractivity (Wildman–Crippen MR) is 141 cm³/mol. The van der Waals surface area contributed by atoms with Gasteiger partial charge in [0.15, 0.2) is 0 Å². The van der Waals surface area contributed by atoms with Crippen LogP contribution in [0.5, 0.6) is 0 Å². The van der Waals surface area contributed by atoms with Crippen LogP contribution in [0.25, 0.3) is 0 Å². The second-order valence-corrected chi connectivity index (χ2v) is 12.3. The van der Waals surface area contributed by atoms with E-state index in [-0.39, 0.29) is 18.9 Å². The summed E-state index contributed by atoms with van der Waals surface area (Å²) < 4.78 is 26.6. The monoisotopic (exact) mass is 506 g/mol. The van der Waals surface area contributed by atoms with Gasteiger partial charge in [0, 0.05) is 18.5 Å². The first-order valence-electron chi connectivity index (χ1n) is 13.7. The molecule has 7 nitrogen and oxygen atoms in total. The van der Waals surface area contributed by atoms with E-state index >= 15 is 0 Å². The van der Waals surface area contributed by atoms with Gasteiger partial charge in [0.25, 0.3) is 0 Å². The number of amides is 1. The summed E-state index contributed by atoms with van der Waals surface area (Å²) in [5.41, 5.74) is -0.978. The van der Waals surface area contributed by atoms with Gasteiger partial charge in [0.1, 0.15) is 6.10 Å². The lowest BCUT2D eigenvalue weighted by Gasteiger charge is -2.27. The van der Waals surface area contributed by atoms with E-state index in [1.54, 1.807) is 13.8 Å². The van der Waals surface area contributed by atoms with Crippen molar-refractivity contribution in [2.45, 2.75) is 130 Å². The van der Waals surface area contributed by atoms with E-state index in [0.717, 1.165) is 19.3 Å². The molecule has 0 aliphatic rings. The maximum atomic E-state index is 12.0. The number of aliphatic hydroxyl groups excluding tert-OH is 2. The molecule has 0 rings (SSSR count).